The van der Waals surface area contributed by atoms with Crippen LogP contribution in [-0.4, -0.2) is 14.7 Å². The number of nitrogens with zero attached hydrogens (tertiary/aromatic N) is 3. The lowest BCUT2D eigenvalue weighted by Crippen LogP contribution is -2.29. The Labute approximate surface area is 245 Å². The summed E-state index contributed by atoms with van der Waals surface area (Å²) in [6.45, 7) is 6.33. The third-order valence-electron chi connectivity index (χ3n) is 7.32. The lowest BCUT2D eigenvalue weighted by molar-refractivity contribution is 0.482. The van der Waals surface area contributed by atoms with Gasteiger partial charge in [-0.3, -0.25) is 4.98 Å². The van der Waals surface area contributed by atoms with Crippen molar-refractivity contribution in [2.75, 3.05) is 4.90 Å². The largest absolute Gasteiger partial charge is 0.457 e. The molecule has 0 unspecified atom stereocenters. The van der Waals surface area contributed by atoms with Crippen LogP contribution in [0.4, 0.5) is 5.69 Å². The van der Waals surface area contributed by atoms with Crippen LogP contribution in [0.1, 0.15) is 40.3 Å². The van der Waals surface area contributed by atoms with Crippen LogP contribution in [0.2, 0.25) is 5.02 Å². The maximum atomic E-state index is 6.36. The Balaban J connectivity index is 1.41. The first-order valence-corrected chi connectivity index (χ1v) is 14.0. The number of halogens is 1. The van der Waals surface area contributed by atoms with E-state index in [2.05, 4.69) is 59.8 Å². The number of hydrogen-bond donors (Lipinski definition) is 1. The number of thiocarbonyl (C=S) groups is 1. The summed E-state index contributed by atoms with van der Waals surface area (Å²) in [6.07, 6.45) is 1.83. The van der Waals surface area contributed by atoms with Gasteiger partial charge in [-0.25, -0.2) is 0 Å². The zero-order valence-corrected chi connectivity index (χ0v) is 24.1. The molecular weight excluding hydrogens is 536 g/mol. The highest BCUT2D eigenvalue weighted by Crippen LogP contribution is 2.44. The Hall–Kier alpha value is -4.13. The summed E-state index contributed by atoms with van der Waals surface area (Å²) in [6, 6.07) is 32.0. The molecule has 5 aromatic rings. The fourth-order valence-electron chi connectivity index (χ4n) is 5.47. The average molecular weight is 565 g/mol. The zero-order chi connectivity index (χ0) is 27.8. The number of anilines is 1. The molecular formula is C33H29ClN4OS. The molecule has 0 aliphatic carbocycles. The van der Waals surface area contributed by atoms with E-state index in [9.17, 15) is 0 Å². The first-order chi connectivity index (χ1) is 19.4. The molecule has 1 aliphatic heterocycles. The van der Waals surface area contributed by atoms with Crippen LogP contribution >= 0.6 is 23.8 Å². The van der Waals surface area contributed by atoms with Crippen molar-refractivity contribution in [1.29, 1.82) is 0 Å². The van der Waals surface area contributed by atoms with Gasteiger partial charge in [-0.2, -0.15) is 0 Å². The summed E-state index contributed by atoms with van der Waals surface area (Å²) < 4.78 is 8.33. The molecule has 0 amide bonds. The molecule has 1 aliphatic rings. The number of aromatic nitrogens is 2. The summed E-state index contributed by atoms with van der Waals surface area (Å²) in [7, 11) is 0. The van der Waals surface area contributed by atoms with Crippen molar-refractivity contribution in [2.24, 2.45) is 0 Å². The molecule has 2 atom stereocenters. The van der Waals surface area contributed by atoms with Gasteiger partial charge in [0.1, 0.15) is 11.5 Å². The van der Waals surface area contributed by atoms with Gasteiger partial charge < -0.3 is 19.5 Å². The van der Waals surface area contributed by atoms with Gasteiger partial charge in [0.25, 0.3) is 0 Å². The van der Waals surface area contributed by atoms with E-state index in [1.54, 1.807) is 0 Å². The second-order valence-corrected chi connectivity index (χ2v) is 10.9. The van der Waals surface area contributed by atoms with E-state index in [-0.39, 0.29) is 12.1 Å². The fraction of sp³-hybridized carbons (Fsp3) is 0.152. The predicted octanol–water partition coefficient (Wildman–Crippen LogP) is 8.42. The number of nitrogens with one attached hydrogen (secondary N) is 1. The Morgan fingerprint density at radius 1 is 0.825 bits per heavy atom. The molecule has 7 heteroatoms. The summed E-state index contributed by atoms with van der Waals surface area (Å²) in [5.74, 6) is 1.57. The number of rotatable bonds is 6. The minimum atomic E-state index is -0.134. The molecule has 6 rings (SSSR count). The van der Waals surface area contributed by atoms with Crippen LogP contribution in [0.3, 0.4) is 0 Å². The zero-order valence-electron chi connectivity index (χ0n) is 22.5. The monoisotopic (exact) mass is 564 g/mol. The molecule has 1 saturated heterocycles. The maximum absolute atomic E-state index is 6.36. The molecule has 1 N–H and O–H groups in total. The van der Waals surface area contributed by atoms with Gasteiger partial charge >= 0.3 is 0 Å². The summed E-state index contributed by atoms with van der Waals surface area (Å²) in [5.41, 5.74) is 7.55. The average Bonchev–Trinajstić information content (AvgIpc) is 3.45. The summed E-state index contributed by atoms with van der Waals surface area (Å²) >= 11 is 12.3. The van der Waals surface area contributed by atoms with Crippen LogP contribution in [0.5, 0.6) is 11.5 Å². The first kappa shape index (κ1) is 26.1. The van der Waals surface area contributed by atoms with Crippen molar-refractivity contribution in [3.05, 3.63) is 136 Å². The van der Waals surface area contributed by atoms with Gasteiger partial charge in [0.2, 0.25) is 0 Å². The van der Waals surface area contributed by atoms with Gasteiger partial charge in [-0.15, -0.1) is 0 Å². The van der Waals surface area contributed by atoms with Crippen LogP contribution in [0.15, 0.2) is 103 Å². The van der Waals surface area contributed by atoms with Crippen molar-refractivity contribution in [3.63, 3.8) is 0 Å². The third-order valence-corrected chi connectivity index (χ3v) is 7.87. The first-order valence-electron chi connectivity index (χ1n) is 13.2. The number of hydrogen-bond acceptors (Lipinski definition) is 3. The van der Waals surface area contributed by atoms with E-state index in [0.29, 0.717) is 10.1 Å². The lowest BCUT2D eigenvalue weighted by Gasteiger charge is -2.28. The molecule has 5 nitrogen and oxygen atoms in total. The molecule has 3 aromatic carbocycles. The van der Waals surface area contributed by atoms with Gasteiger partial charge in [0.05, 0.1) is 17.8 Å². The topological polar surface area (TPSA) is 42.3 Å². The normalized spacial score (nSPS) is 16.7. The number of aryl methyl sites for hydroxylation is 2. The van der Waals surface area contributed by atoms with Crippen LogP contribution in [0, 0.1) is 20.8 Å². The van der Waals surface area contributed by atoms with Crippen LogP contribution < -0.4 is 15.0 Å². The smallest absolute Gasteiger partial charge is 0.174 e. The molecule has 3 heterocycles. The van der Waals surface area contributed by atoms with E-state index in [1.807, 2.05) is 79.0 Å². The molecule has 2 aromatic heterocycles. The Bertz CT molecular complexity index is 1670. The SMILES string of the molecule is Cc1ccc(Oc2ccc(N3C(=S)N[C@@H](c4ccccn4)[C@H]3c3cc(C)n(-c4cccc(Cl)c4)c3C)cc2)cc1. The molecule has 40 heavy (non-hydrogen) atoms. The Morgan fingerprint density at radius 3 is 2.23 bits per heavy atom. The summed E-state index contributed by atoms with van der Waals surface area (Å²) in [5, 5.41) is 4.92. The van der Waals surface area contributed by atoms with Crippen LogP contribution in [0.25, 0.3) is 5.69 Å². The molecule has 0 saturated carbocycles. The Morgan fingerprint density at radius 2 is 1.55 bits per heavy atom. The van der Waals surface area contributed by atoms with E-state index in [0.717, 1.165) is 40.0 Å². The van der Waals surface area contributed by atoms with Gasteiger partial charge in [0.15, 0.2) is 5.11 Å². The predicted molar refractivity (Wildman–Crippen MR) is 166 cm³/mol. The second-order valence-electron chi connectivity index (χ2n) is 10.0. The lowest BCUT2D eigenvalue weighted by atomic mass is 9.96. The minimum Gasteiger partial charge on any atom is -0.457 e. The maximum Gasteiger partial charge on any atom is 0.174 e. The van der Waals surface area contributed by atoms with E-state index in [4.69, 9.17) is 33.5 Å². The van der Waals surface area contributed by atoms with Crippen molar-refractivity contribution in [3.8, 4) is 17.2 Å². The standard InChI is InChI=1S/C33H29ClN4OS/c1-21-10-14-27(15-11-21)39-28-16-12-25(13-17-28)38-32(31(36-33(38)40)30-9-4-5-18-35-30)29-19-22(2)37(23(29)3)26-8-6-7-24(34)20-26/h4-20,31-32H,1-3H3,(H,36,40)/t31-,32+/m0/s1. The number of pyridine rings is 1. The Kier molecular flexibility index (Phi) is 7.05. The summed E-state index contributed by atoms with van der Waals surface area (Å²) in [4.78, 5) is 6.89. The van der Waals surface area contributed by atoms with E-state index in [1.165, 1.54) is 11.1 Å². The molecule has 0 spiro atoms. The highest BCUT2D eigenvalue weighted by atomic mass is 35.5. The number of ether oxygens (including phenoxy) is 1. The quantitative estimate of drug-likeness (QED) is 0.210. The molecule has 1 fully saturated rings. The van der Waals surface area contributed by atoms with Crippen LogP contribution in [-0.2, 0) is 0 Å². The molecule has 0 radical (unpaired) electrons. The minimum absolute atomic E-state index is 0.120. The number of benzene rings is 3. The highest BCUT2D eigenvalue weighted by Gasteiger charge is 2.42. The molecule has 200 valence electrons. The molecule has 0 bridgehead atoms. The van der Waals surface area contributed by atoms with Crippen molar-refractivity contribution < 1.29 is 4.74 Å². The van der Waals surface area contributed by atoms with E-state index < -0.39 is 0 Å². The second kappa shape index (κ2) is 10.8. The van der Waals surface area contributed by atoms with Gasteiger partial charge in [-0.05, 0) is 111 Å². The highest BCUT2D eigenvalue weighted by molar-refractivity contribution is 7.80. The fourth-order valence-corrected chi connectivity index (χ4v) is 6.00. The van der Waals surface area contributed by atoms with E-state index >= 15 is 0 Å². The van der Waals surface area contributed by atoms with Crippen molar-refractivity contribution in [2.45, 2.75) is 32.9 Å². The van der Waals surface area contributed by atoms with Crippen molar-refractivity contribution >= 4 is 34.6 Å². The van der Waals surface area contributed by atoms with Gasteiger partial charge in [0, 0.05) is 34.0 Å². The third kappa shape index (κ3) is 4.96. The van der Waals surface area contributed by atoms with Gasteiger partial charge in [-0.1, -0.05) is 41.4 Å². The van der Waals surface area contributed by atoms with Crippen molar-refractivity contribution in [1.82, 2.24) is 14.9 Å².